The van der Waals surface area contributed by atoms with E-state index < -0.39 is 5.72 Å². The van der Waals surface area contributed by atoms with Gasteiger partial charge in [-0.2, -0.15) is 0 Å². The van der Waals surface area contributed by atoms with Crippen molar-refractivity contribution in [3.8, 4) is 0 Å². The van der Waals surface area contributed by atoms with E-state index in [1.807, 2.05) is 49.2 Å². The second-order valence-electron chi connectivity index (χ2n) is 7.22. The number of hydrogen-bond donors (Lipinski definition) is 0. The minimum absolute atomic E-state index is 0.0691. The Bertz CT molecular complexity index is 914. The van der Waals surface area contributed by atoms with E-state index in [4.69, 9.17) is 9.83 Å². The molecule has 0 N–H and O–H groups in total. The Morgan fingerprint density at radius 1 is 1.22 bits per heavy atom. The SMILES string of the molecule is CN1OC(C)(CC(=O)N2CCc3ccccc3C2)N=C1c1cccc(Br)c1. The van der Waals surface area contributed by atoms with Crippen LogP contribution in [-0.4, -0.2) is 41.0 Å². The third-order valence-electron chi connectivity index (χ3n) is 5.02. The monoisotopic (exact) mass is 427 g/mol. The molecule has 1 unspecified atom stereocenters. The number of amidine groups is 1. The first kappa shape index (κ1) is 18.2. The first-order valence-corrected chi connectivity index (χ1v) is 9.86. The smallest absolute Gasteiger partial charge is 0.227 e. The van der Waals surface area contributed by atoms with Crippen molar-refractivity contribution in [3.05, 3.63) is 69.7 Å². The van der Waals surface area contributed by atoms with E-state index >= 15 is 0 Å². The van der Waals surface area contributed by atoms with Crippen LogP contribution in [0.1, 0.15) is 30.0 Å². The van der Waals surface area contributed by atoms with Crippen LogP contribution in [0.25, 0.3) is 0 Å². The van der Waals surface area contributed by atoms with E-state index in [1.54, 1.807) is 5.06 Å². The van der Waals surface area contributed by atoms with Gasteiger partial charge in [0.05, 0.1) is 6.42 Å². The highest BCUT2D eigenvalue weighted by molar-refractivity contribution is 9.10. The maximum Gasteiger partial charge on any atom is 0.227 e. The normalized spacial score (nSPS) is 21.8. The Labute approximate surface area is 167 Å². The Morgan fingerprint density at radius 2 is 2.00 bits per heavy atom. The third-order valence-corrected chi connectivity index (χ3v) is 5.51. The molecule has 0 saturated carbocycles. The van der Waals surface area contributed by atoms with Crippen LogP contribution < -0.4 is 0 Å². The number of benzene rings is 2. The lowest BCUT2D eigenvalue weighted by Crippen LogP contribution is -2.40. The number of hydrogen-bond acceptors (Lipinski definition) is 4. The van der Waals surface area contributed by atoms with E-state index in [1.165, 1.54) is 11.1 Å². The van der Waals surface area contributed by atoms with Crippen LogP contribution in [0.3, 0.4) is 0 Å². The van der Waals surface area contributed by atoms with Gasteiger partial charge in [0.2, 0.25) is 5.91 Å². The minimum atomic E-state index is -0.888. The quantitative estimate of drug-likeness (QED) is 0.748. The molecular formula is C21H22BrN3O2. The Morgan fingerprint density at radius 3 is 2.78 bits per heavy atom. The molecule has 2 aromatic carbocycles. The van der Waals surface area contributed by atoms with Crippen LogP contribution in [0.4, 0.5) is 0 Å². The number of carbonyl (C=O) groups is 1. The first-order chi connectivity index (χ1) is 12.9. The Balaban J connectivity index is 1.50. The van der Waals surface area contributed by atoms with Crippen LogP contribution in [0.15, 0.2) is 58.0 Å². The van der Waals surface area contributed by atoms with E-state index in [2.05, 4.69) is 34.1 Å². The molecule has 27 heavy (non-hydrogen) atoms. The van der Waals surface area contributed by atoms with Gasteiger partial charge in [0, 0.05) is 30.2 Å². The molecule has 2 aliphatic heterocycles. The summed E-state index contributed by atoms with van der Waals surface area (Å²) in [5.74, 6) is 0.801. The van der Waals surface area contributed by atoms with Crippen molar-refractivity contribution >= 4 is 27.7 Å². The lowest BCUT2D eigenvalue weighted by molar-refractivity contribution is -0.170. The fraction of sp³-hybridized carbons (Fsp3) is 0.333. The summed E-state index contributed by atoms with van der Waals surface area (Å²) in [6.45, 7) is 3.26. The molecule has 4 rings (SSSR count). The van der Waals surface area contributed by atoms with Gasteiger partial charge >= 0.3 is 0 Å². The number of halogens is 1. The zero-order valence-electron chi connectivity index (χ0n) is 15.5. The second-order valence-corrected chi connectivity index (χ2v) is 8.14. The fourth-order valence-corrected chi connectivity index (χ4v) is 4.10. The van der Waals surface area contributed by atoms with Gasteiger partial charge in [-0.15, -0.1) is 0 Å². The lowest BCUT2D eigenvalue weighted by atomic mass is 9.99. The molecule has 5 nitrogen and oxygen atoms in total. The summed E-state index contributed by atoms with van der Waals surface area (Å²) in [5.41, 5.74) is 2.63. The summed E-state index contributed by atoms with van der Waals surface area (Å²) in [6.07, 6.45) is 1.11. The molecule has 1 amide bonds. The number of aliphatic imine (C=N–C) groups is 1. The Hall–Kier alpha value is -2.18. The number of carbonyl (C=O) groups excluding carboxylic acids is 1. The van der Waals surface area contributed by atoms with Gasteiger partial charge in [-0.3, -0.25) is 4.79 Å². The van der Waals surface area contributed by atoms with Crippen molar-refractivity contribution < 1.29 is 9.63 Å². The van der Waals surface area contributed by atoms with Gasteiger partial charge in [-0.1, -0.05) is 52.3 Å². The van der Waals surface area contributed by atoms with Gasteiger partial charge in [-0.05, 0) is 36.6 Å². The first-order valence-electron chi connectivity index (χ1n) is 9.07. The van der Waals surface area contributed by atoms with Crippen molar-refractivity contribution in [1.29, 1.82) is 0 Å². The van der Waals surface area contributed by atoms with Crippen LogP contribution in [0.2, 0.25) is 0 Å². The second kappa shape index (κ2) is 7.09. The fourth-order valence-electron chi connectivity index (χ4n) is 3.70. The summed E-state index contributed by atoms with van der Waals surface area (Å²) in [4.78, 5) is 25.5. The molecule has 2 aromatic rings. The summed E-state index contributed by atoms with van der Waals surface area (Å²) in [7, 11) is 1.83. The molecule has 2 aliphatic rings. The molecule has 0 aromatic heterocycles. The third kappa shape index (κ3) is 3.77. The van der Waals surface area contributed by atoms with E-state index in [-0.39, 0.29) is 12.3 Å². The van der Waals surface area contributed by atoms with Gasteiger partial charge in [0.1, 0.15) is 0 Å². The number of rotatable bonds is 3. The molecule has 0 aliphatic carbocycles. The van der Waals surface area contributed by atoms with Crippen molar-refractivity contribution in [1.82, 2.24) is 9.96 Å². The predicted molar refractivity (Wildman–Crippen MR) is 108 cm³/mol. The number of fused-ring (bicyclic) bond motifs is 1. The van der Waals surface area contributed by atoms with Crippen LogP contribution in [0, 0.1) is 0 Å². The van der Waals surface area contributed by atoms with Gasteiger partial charge in [-0.25, -0.2) is 14.9 Å². The zero-order chi connectivity index (χ0) is 19.0. The molecule has 1 atom stereocenters. The molecular weight excluding hydrogens is 406 g/mol. The summed E-state index contributed by atoms with van der Waals surface area (Å²) < 4.78 is 0.979. The number of nitrogens with zero attached hydrogens (tertiary/aromatic N) is 3. The van der Waals surface area contributed by atoms with E-state index in [0.29, 0.717) is 6.54 Å². The molecule has 6 heteroatoms. The molecule has 0 bridgehead atoms. The van der Waals surface area contributed by atoms with E-state index in [0.717, 1.165) is 28.8 Å². The molecule has 140 valence electrons. The Kier molecular flexibility index (Phi) is 4.78. The van der Waals surface area contributed by atoms with Crippen molar-refractivity contribution in [2.45, 2.75) is 32.0 Å². The van der Waals surface area contributed by atoms with Crippen LogP contribution in [-0.2, 0) is 22.6 Å². The maximum absolute atomic E-state index is 12.9. The van der Waals surface area contributed by atoms with Gasteiger partial charge < -0.3 is 4.90 Å². The average molecular weight is 428 g/mol. The number of hydroxylamine groups is 2. The lowest BCUT2D eigenvalue weighted by Gasteiger charge is -2.31. The maximum atomic E-state index is 12.9. The average Bonchev–Trinajstić information content (AvgIpc) is 2.95. The van der Waals surface area contributed by atoms with Crippen molar-refractivity contribution in [2.24, 2.45) is 4.99 Å². The molecule has 0 spiro atoms. The van der Waals surface area contributed by atoms with E-state index in [9.17, 15) is 4.79 Å². The highest BCUT2D eigenvalue weighted by Crippen LogP contribution is 2.30. The summed E-state index contributed by atoms with van der Waals surface area (Å²) in [6, 6.07) is 16.2. The van der Waals surface area contributed by atoms with Crippen molar-refractivity contribution in [3.63, 3.8) is 0 Å². The number of amides is 1. The summed E-state index contributed by atoms with van der Waals surface area (Å²) >= 11 is 3.49. The molecule has 0 fully saturated rings. The van der Waals surface area contributed by atoms with Crippen LogP contribution in [0.5, 0.6) is 0 Å². The van der Waals surface area contributed by atoms with Gasteiger partial charge in [0.15, 0.2) is 11.6 Å². The standard InChI is InChI=1S/C21H22BrN3O2/c1-21(23-20(24(2)27-21)16-8-5-9-18(22)12-16)13-19(26)25-11-10-15-6-3-4-7-17(15)14-25/h3-9,12H,10-11,13-14H2,1-2H3. The zero-order valence-corrected chi connectivity index (χ0v) is 17.1. The van der Waals surface area contributed by atoms with Crippen LogP contribution >= 0.6 is 15.9 Å². The highest BCUT2D eigenvalue weighted by Gasteiger charge is 2.39. The predicted octanol–water partition coefficient (Wildman–Crippen LogP) is 3.76. The summed E-state index contributed by atoms with van der Waals surface area (Å²) in [5, 5.41) is 1.65. The molecule has 0 radical (unpaired) electrons. The van der Waals surface area contributed by atoms with Crippen molar-refractivity contribution in [2.75, 3.05) is 13.6 Å². The topological polar surface area (TPSA) is 45.1 Å². The minimum Gasteiger partial charge on any atom is -0.338 e. The van der Waals surface area contributed by atoms with Gasteiger partial charge in [0.25, 0.3) is 0 Å². The highest BCUT2D eigenvalue weighted by atomic mass is 79.9. The molecule has 2 heterocycles. The molecule has 0 saturated heterocycles. The largest absolute Gasteiger partial charge is 0.338 e.